The third-order valence-electron chi connectivity index (χ3n) is 5.20. The van der Waals surface area contributed by atoms with Crippen molar-refractivity contribution in [2.45, 2.75) is 38.6 Å². The van der Waals surface area contributed by atoms with E-state index >= 15 is 0 Å². The lowest BCUT2D eigenvalue weighted by Crippen LogP contribution is -2.17. The van der Waals surface area contributed by atoms with Gasteiger partial charge in [-0.05, 0) is 43.5 Å². The van der Waals surface area contributed by atoms with Crippen LogP contribution in [0.25, 0.3) is 0 Å². The molecule has 2 heterocycles. The molecule has 1 fully saturated rings. The van der Waals surface area contributed by atoms with E-state index in [1.165, 1.54) is 19.3 Å². The van der Waals surface area contributed by atoms with Crippen LogP contribution in [0.15, 0.2) is 55.2 Å². The normalized spacial score (nSPS) is 13.8. The summed E-state index contributed by atoms with van der Waals surface area (Å²) >= 11 is 0. The molecule has 0 saturated heterocycles. The van der Waals surface area contributed by atoms with Crippen LogP contribution in [0.5, 0.6) is 5.75 Å². The molecule has 28 heavy (non-hydrogen) atoms. The number of pyridine rings is 1. The number of aromatic nitrogens is 3. The number of hydrogen-bond donors (Lipinski definition) is 1. The van der Waals surface area contributed by atoms with Crippen molar-refractivity contribution >= 4 is 11.6 Å². The Hall–Kier alpha value is -3.15. The highest BCUT2D eigenvalue weighted by Crippen LogP contribution is 2.35. The molecule has 6 nitrogen and oxygen atoms in total. The highest BCUT2D eigenvalue weighted by atomic mass is 16.5. The van der Waals surface area contributed by atoms with Crippen LogP contribution in [0, 0.1) is 6.92 Å². The molecular formula is C22H24N4O2. The number of carbonyl (C=O) groups excluding carboxylic acids is 1. The first-order chi connectivity index (χ1) is 13.7. The van der Waals surface area contributed by atoms with E-state index in [9.17, 15) is 4.79 Å². The SMILES string of the molecule is Cc1cc(C2CCC2)ncc1C(=O)Nc1ccccc1OCCn1ccnc1. The number of para-hydroxylation sites is 2. The molecule has 0 bridgehead atoms. The van der Waals surface area contributed by atoms with Crippen LogP contribution < -0.4 is 10.1 Å². The Morgan fingerprint density at radius 3 is 2.89 bits per heavy atom. The van der Waals surface area contributed by atoms with E-state index in [-0.39, 0.29) is 5.91 Å². The third-order valence-corrected chi connectivity index (χ3v) is 5.20. The van der Waals surface area contributed by atoms with Gasteiger partial charge in [-0.15, -0.1) is 0 Å². The number of anilines is 1. The Kier molecular flexibility index (Phi) is 5.37. The first kappa shape index (κ1) is 18.2. The number of amides is 1. The molecule has 1 N–H and O–H groups in total. The van der Waals surface area contributed by atoms with E-state index < -0.39 is 0 Å². The smallest absolute Gasteiger partial charge is 0.257 e. The fraction of sp³-hybridized carbons (Fsp3) is 0.318. The summed E-state index contributed by atoms with van der Waals surface area (Å²) in [7, 11) is 0. The number of nitrogens with zero attached hydrogens (tertiary/aromatic N) is 3. The van der Waals surface area contributed by atoms with Crippen molar-refractivity contribution in [1.82, 2.24) is 14.5 Å². The summed E-state index contributed by atoms with van der Waals surface area (Å²) in [6, 6.07) is 9.52. The van der Waals surface area contributed by atoms with E-state index in [4.69, 9.17) is 4.74 Å². The van der Waals surface area contributed by atoms with Crippen LogP contribution in [0.4, 0.5) is 5.69 Å². The molecule has 1 aliphatic rings. The van der Waals surface area contributed by atoms with Gasteiger partial charge in [0, 0.05) is 30.2 Å². The van der Waals surface area contributed by atoms with E-state index in [1.807, 2.05) is 48.0 Å². The van der Waals surface area contributed by atoms with E-state index in [2.05, 4.69) is 15.3 Å². The summed E-state index contributed by atoms with van der Waals surface area (Å²) in [6.45, 7) is 3.14. The van der Waals surface area contributed by atoms with Crippen molar-refractivity contribution in [1.29, 1.82) is 0 Å². The number of nitrogens with one attached hydrogen (secondary N) is 1. The Morgan fingerprint density at radius 2 is 2.18 bits per heavy atom. The van der Waals surface area contributed by atoms with Crippen molar-refractivity contribution in [2.24, 2.45) is 0 Å². The number of benzene rings is 1. The predicted octanol–water partition coefficient (Wildman–Crippen LogP) is 4.19. The fourth-order valence-electron chi connectivity index (χ4n) is 3.31. The Labute approximate surface area is 164 Å². The lowest BCUT2D eigenvalue weighted by molar-refractivity contribution is 0.102. The van der Waals surface area contributed by atoms with Crippen molar-refractivity contribution in [3.05, 3.63) is 72.1 Å². The number of carbonyl (C=O) groups is 1. The molecule has 1 saturated carbocycles. The maximum absolute atomic E-state index is 12.8. The number of rotatable bonds is 7. The van der Waals surface area contributed by atoms with E-state index in [1.54, 1.807) is 18.7 Å². The van der Waals surface area contributed by atoms with Crippen molar-refractivity contribution in [3.8, 4) is 5.75 Å². The summed E-state index contributed by atoms with van der Waals surface area (Å²) in [5.74, 6) is 1.03. The Morgan fingerprint density at radius 1 is 1.32 bits per heavy atom. The molecule has 2 aromatic heterocycles. The second-order valence-corrected chi connectivity index (χ2v) is 7.15. The third kappa shape index (κ3) is 4.06. The lowest BCUT2D eigenvalue weighted by atomic mass is 9.82. The fourth-order valence-corrected chi connectivity index (χ4v) is 3.31. The minimum Gasteiger partial charge on any atom is -0.490 e. The Balaban J connectivity index is 1.42. The molecule has 0 aliphatic heterocycles. The average Bonchev–Trinajstić information content (AvgIpc) is 3.15. The molecule has 3 aromatic rings. The van der Waals surface area contributed by atoms with Crippen LogP contribution in [0.3, 0.4) is 0 Å². The van der Waals surface area contributed by atoms with Gasteiger partial charge in [-0.1, -0.05) is 18.6 Å². The highest BCUT2D eigenvalue weighted by molar-refractivity contribution is 6.05. The van der Waals surface area contributed by atoms with Crippen molar-refractivity contribution in [2.75, 3.05) is 11.9 Å². The summed E-state index contributed by atoms with van der Waals surface area (Å²) in [5, 5.41) is 2.96. The summed E-state index contributed by atoms with van der Waals surface area (Å²) < 4.78 is 7.82. The van der Waals surface area contributed by atoms with E-state index in [0.717, 1.165) is 11.3 Å². The second kappa shape index (κ2) is 8.25. The maximum atomic E-state index is 12.8. The Bertz CT molecular complexity index is 949. The quantitative estimate of drug-likeness (QED) is 0.671. The van der Waals surface area contributed by atoms with Gasteiger partial charge in [0.1, 0.15) is 12.4 Å². The first-order valence-corrected chi connectivity index (χ1v) is 9.66. The number of aryl methyl sites for hydroxylation is 1. The van der Waals surface area contributed by atoms with Gasteiger partial charge < -0.3 is 14.6 Å². The molecule has 1 aliphatic carbocycles. The second-order valence-electron chi connectivity index (χ2n) is 7.15. The predicted molar refractivity (Wildman–Crippen MR) is 108 cm³/mol. The molecule has 1 aromatic carbocycles. The van der Waals surface area contributed by atoms with Crippen LogP contribution >= 0.6 is 0 Å². The zero-order chi connectivity index (χ0) is 19.3. The molecule has 1 amide bonds. The minimum absolute atomic E-state index is 0.171. The first-order valence-electron chi connectivity index (χ1n) is 9.66. The average molecular weight is 376 g/mol. The molecule has 4 rings (SSSR count). The van der Waals surface area contributed by atoms with Gasteiger partial charge in [-0.2, -0.15) is 0 Å². The molecule has 6 heteroatoms. The summed E-state index contributed by atoms with van der Waals surface area (Å²) in [5.41, 5.74) is 3.30. The largest absolute Gasteiger partial charge is 0.490 e. The summed E-state index contributed by atoms with van der Waals surface area (Å²) in [6.07, 6.45) is 10.7. The van der Waals surface area contributed by atoms with E-state index in [0.29, 0.717) is 36.1 Å². The van der Waals surface area contributed by atoms with Gasteiger partial charge in [0.05, 0.1) is 24.1 Å². The molecule has 0 atom stereocenters. The van der Waals surface area contributed by atoms with Crippen molar-refractivity contribution in [3.63, 3.8) is 0 Å². The monoisotopic (exact) mass is 376 g/mol. The molecule has 144 valence electrons. The van der Waals surface area contributed by atoms with Gasteiger partial charge in [-0.3, -0.25) is 9.78 Å². The standard InChI is InChI=1S/C22H24N4O2/c1-16-13-20(17-5-4-6-17)24-14-18(16)22(27)25-19-7-2-3-8-21(19)28-12-11-26-10-9-23-15-26/h2-3,7-10,13-15,17H,4-6,11-12H2,1H3,(H,25,27). The highest BCUT2D eigenvalue weighted by Gasteiger charge is 2.22. The maximum Gasteiger partial charge on any atom is 0.257 e. The van der Waals surface area contributed by atoms with Gasteiger partial charge in [0.2, 0.25) is 0 Å². The minimum atomic E-state index is -0.171. The zero-order valence-electron chi connectivity index (χ0n) is 16.0. The zero-order valence-corrected chi connectivity index (χ0v) is 16.0. The molecular weight excluding hydrogens is 352 g/mol. The van der Waals surface area contributed by atoms with Crippen LogP contribution in [0.2, 0.25) is 0 Å². The van der Waals surface area contributed by atoms with Gasteiger partial charge in [0.25, 0.3) is 5.91 Å². The van der Waals surface area contributed by atoms with Gasteiger partial charge in [-0.25, -0.2) is 4.98 Å². The summed E-state index contributed by atoms with van der Waals surface area (Å²) in [4.78, 5) is 21.3. The topological polar surface area (TPSA) is 69.0 Å². The van der Waals surface area contributed by atoms with Gasteiger partial charge >= 0.3 is 0 Å². The number of imidazole rings is 1. The molecule has 0 radical (unpaired) electrons. The lowest BCUT2D eigenvalue weighted by Gasteiger charge is -2.25. The molecule has 0 spiro atoms. The van der Waals surface area contributed by atoms with Crippen LogP contribution in [-0.4, -0.2) is 27.0 Å². The molecule has 0 unspecified atom stereocenters. The van der Waals surface area contributed by atoms with Crippen LogP contribution in [0.1, 0.15) is 46.8 Å². The van der Waals surface area contributed by atoms with Crippen molar-refractivity contribution < 1.29 is 9.53 Å². The van der Waals surface area contributed by atoms with Gasteiger partial charge in [0.15, 0.2) is 0 Å². The number of ether oxygens (including phenoxy) is 1. The van der Waals surface area contributed by atoms with Crippen LogP contribution in [-0.2, 0) is 6.54 Å². The number of hydrogen-bond acceptors (Lipinski definition) is 4.